The van der Waals surface area contributed by atoms with Crippen molar-refractivity contribution < 1.29 is 47.9 Å². The van der Waals surface area contributed by atoms with Gasteiger partial charge in [0.05, 0.1) is 5.97 Å². The van der Waals surface area contributed by atoms with Crippen LogP contribution in [-0.4, -0.2) is 37.5 Å². The molecule has 1 fully saturated rings. The number of aliphatic carboxylic acids is 1. The molecule has 0 atom stereocenters. The van der Waals surface area contributed by atoms with Gasteiger partial charge in [-0.1, -0.05) is 0 Å². The molecule has 0 aromatic carbocycles. The summed E-state index contributed by atoms with van der Waals surface area (Å²) < 4.78 is 23.0. The van der Waals surface area contributed by atoms with Crippen LogP contribution in [0.5, 0.6) is 0 Å². The predicted molar refractivity (Wildman–Crippen MR) is 35.0 cm³/mol. The molecule has 0 radical (unpaired) electrons. The van der Waals surface area contributed by atoms with E-state index in [2.05, 4.69) is 0 Å². The summed E-state index contributed by atoms with van der Waals surface area (Å²) in [6.45, 7) is 0.880. The molecule has 0 aromatic rings. The summed E-state index contributed by atoms with van der Waals surface area (Å²) in [7, 11) is -3.55. The fourth-order valence-corrected chi connectivity index (χ4v) is 2.10. The topological polar surface area (TPSA) is 77.5 Å². The van der Waals surface area contributed by atoms with Gasteiger partial charge in [0.25, 0.3) is 0 Å². The van der Waals surface area contributed by atoms with Crippen LogP contribution >= 0.6 is 0 Å². The number of hydrogen-bond acceptors (Lipinski definition) is 4. The Labute approximate surface area is 93.1 Å². The Kier molecular flexibility index (Phi) is 4.71. The van der Waals surface area contributed by atoms with E-state index < -0.39 is 21.7 Å². The maximum atomic E-state index is 10.9. The van der Waals surface area contributed by atoms with Crippen LogP contribution in [0.2, 0.25) is 0 Å². The molecule has 1 saturated heterocycles. The number of hydrogen-bond donors (Lipinski definition) is 0. The van der Waals surface area contributed by atoms with Gasteiger partial charge in [0.15, 0.2) is 0 Å². The number of sulfonamides is 1. The maximum absolute atomic E-state index is 10.9. The molecule has 0 aromatic heterocycles. The number of carboxylic acid groups (broad SMARTS) is 1. The van der Waals surface area contributed by atoms with E-state index in [1.165, 1.54) is 0 Å². The number of rotatable bonds is 3. The molecule has 12 heavy (non-hydrogen) atoms. The second-order valence-corrected chi connectivity index (χ2v) is 4.35. The fourth-order valence-electron chi connectivity index (χ4n) is 0.806. The van der Waals surface area contributed by atoms with Crippen molar-refractivity contribution in [3.8, 4) is 0 Å². The quantitative estimate of drug-likeness (QED) is 0.427. The fraction of sp³-hybridized carbons (Fsp3) is 0.800. The van der Waals surface area contributed by atoms with Crippen molar-refractivity contribution in [2.45, 2.75) is 6.42 Å². The molecular weight excluding hydrogens is 193 g/mol. The number of carboxylic acids is 1. The summed E-state index contributed by atoms with van der Waals surface area (Å²) in [6.07, 6.45) is 0.812. The third-order valence-corrected chi connectivity index (χ3v) is 3.26. The van der Waals surface area contributed by atoms with Crippen molar-refractivity contribution in [2.75, 3.05) is 18.8 Å². The maximum Gasteiger partial charge on any atom is 1.00 e. The van der Waals surface area contributed by atoms with Crippen molar-refractivity contribution in [2.24, 2.45) is 0 Å². The molecule has 1 rings (SSSR count). The van der Waals surface area contributed by atoms with E-state index in [0.29, 0.717) is 13.1 Å². The molecule has 0 unspecified atom stereocenters. The second-order valence-electron chi connectivity index (χ2n) is 2.38. The first-order valence-corrected chi connectivity index (χ1v) is 4.81. The van der Waals surface area contributed by atoms with Gasteiger partial charge in [-0.05, 0) is 6.42 Å². The number of nitrogens with zero attached hydrogens (tertiary/aromatic N) is 1. The van der Waals surface area contributed by atoms with Gasteiger partial charge in [0, 0.05) is 13.1 Å². The minimum absolute atomic E-state index is 0. The molecule has 0 bridgehead atoms. The summed E-state index contributed by atoms with van der Waals surface area (Å²) in [5.41, 5.74) is 0. The average Bonchev–Trinajstić information content (AvgIpc) is 1.50. The number of carbonyl (C=O) groups is 1. The second kappa shape index (κ2) is 4.57. The Morgan fingerprint density at radius 2 is 1.92 bits per heavy atom. The van der Waals surface area contributed by atoms with Crippen LogP contribution in [0.25, 0.3) is 0 Å². The average molecular weight is 201 g/mol. The Balaban J connectivity index is 0.00000121. The first-order chi connectivity index (χ1) is 5.02. The van der Waals surface area contributed by atoms with Gasteiger partial charge in [0.1, 0.15) is 5.75 Å². The van der Waals surface area contributed by atoms with Gasteiger partial charge in [0.2, 0.25) is 10.0 Å². The van der Waals surface area contributed by atoms with Crippen molar-refractivity contribution in [3.05, 3.63) is 0 Å². The molecule has 0 saturated carbocycles. The summed E-state index contributed by atoms with van der Waals surface area (Å²) in [5, 5.41) is 9.94. The normalized spacial score (nSPS) is 17.7. The Morgan fingerprint density at radius 1 is 1.42 bits per heavy atom. The van der Waals surface area contributed by atoms with Crippen molar-refractivity contribution in [3.63, 3.8) is 0 Å². The van der Waals surface area contributed by atoms with Crippen molar-refractivity contribution >= 4 is 16.0 Å². The molecule has 0 aliphatic carbocycles. The van der Waals surface area contributed by atoms with Gasteiger partial charge in [-0.25, -0.2) is 12.7 Å². The molecular formula is C5H8NNaO4S. The molecule has 5 nitrogen and oxygen atoms in total. The van der Waals surface area contributed by atoms with E-state index in [1.54, 1.807) is 0 Å². The largest absolute Gasteiger partial charge is 1.00 e. The minimum atomic E-state index is -3.55. The third kappa shape index (κ3) is 3.02. The first kappa shape index (κ1) is 12.4. The van der Waals surface area contributed by atoms with Crippen molar-refractivity contribution in [1.29, 1.82) is 0 Å². The van der Waals surface area contributed by atoms with Crippen LogP contribution in [0, 0.1) is 0 Å². The van der Waals surface area contributed by atoms with Gasteiger partial charge in [-0.2, -0.15) is 0 Å². The first-order valence-electron chi connectivity index (χ1n) is 3.20. The van der Waals surface area contributed by atoms with Crippen LogP contribution in [-0.2, 0) is 14.8 Å². The zero-order chi connectivity index (χ0) is 8.48. The monoisotopic (exact) mass is 201 g/mol. The van der Waals surface area contributed by atoms with Crippen LogP contribution < -0.4 is 34.7 Å². The molecule has 64 valence electrons. The Morgan fingerprint density at radius 3 is 2.17 bits per heavy atom. The summed E-state index contributed by atoms with van der Waals surface area (Å²) in [4.78, 5) is 9.94. The van der Waals surface area contributed by atoms with Gasteiger partial charge in [-0.3, -0.25) is 0 Å². The zero-order valence-electron chi connectivity index (χ0n) is 6.82. The molecule has 0 spiro atoms. The van der Waals surface area contributed by atoms with Gasteiger partial charge < -0.3 is 9.90 Å². The Hall–Kier alpha value is 0.380. The minimum Gasteiger partial charge on any atom is -0.549 e. The van der Waals surface area contributed by atoms with E-state index in [0.717, 1.165) is 10.7 Å². The molecule has 1 heterocycles. The molecule has 0 amide bonds. The molecule has 7 heteroatoms. The van der Waals surface area contributed by atoms with Crippen molar-refractivity contribution in [1.82, 2.24) is 4.31 Å². The van der Waals surface area contributed by atoms with E-state index >= 15 is 0 Å². The Bertz CT molecular complexity index is 259. The molecule has 1 aliphatic heterocycles. The van der Waals surface area contributed by atoms with E-state index in [4.69, 9.17) is 0 Å². The van der Waals surface area contributed by atoms with E-state index in [1.807, 2.05) is 0 Å². The summed E-state index contributed by atoms with van der Waals surface area (Å²) in [5.74, 6) is -2.44. The smallest absolute Gasteiger partial charge is 0.549 e. The van der Waals surface area contributed by atoms with Gasteiger partial charge in [-0.15, -0.1) is 0 Å². The van der Waals surface area contributed by atoms with E-state index in [-0.39, 0.29) is 29.6 Å². The zero-order valence-corrected chi connectivity index (χ0v) is 9.63. The van der Waals surface area contributed by atoms with Crippen LogP contribution in [0.1, 0.15) is 6.42 Å². The van der Waals surface area contributed by atoms with Crippen LogP contribution in [0.15, 0.2) is 0 Å². The SMILES string of the molecule is O=C([O-])CS(=O)(=O)N1CCC1.[Na+]. The van der Waals surface area contributed by atoms with Crippen LogP contribution in [0.4, 0.5) is 0 Å². The van der Waals surface area contributed by atoms with Gasteiger partial charge >= 0.3 is 29.6 Å². The van der Waals surface area contributed by atoms with Crippen LogP contribution in [0.3, 0.4) is 0 Å². The predicted octanol–water partition coefficient (Wildman–Crippen LogP) is -5.22. The molecule has 0 N–H and O–H groups in total. The summed E-state index contributed by atoms with van der Waals surface area (Å²) >= 11 is 0. The standard InChI is InChI=1S/C5H9NO4S.Na/c7-5(8)4-11(9,10)6-2-1-3-6;/h1-4H2,(H,7,8);/q;+1/p-1. The third-order valence-electron chi connectivity index (χ3n) is 1.51. The number of carbonyl (C=O) groups excluding carboxylic acids is 1. The van der Waals surface area contributed by atoms with E-state index in [9.17, 15) is 18.3 Å². The summed E-state index contributed by atoms with van der Waals surface area (Å²) in [6, 6.07) is 0. The molecule has 1 aliphatic rings.